The fraction of sp³-hybridized carbons (Fsp3) is 0.739. The van der Waals surface area contributed by atoms with Gasteiger partial charge in [0.1, 0.15) is 0 Å². The minimum absolute atomic E-state index is 0.00438. The normalized spacial score (nSPS) is 40.5. The molecule has 1 heterocycles. The number of ether oxygens (including phenoxy) is 2. The van der Waals surface area contributed by atoms with Gasteiger partial charge in [0.25, 0.3) is 0 Å². The lowest BCUT2D eigenvalue weighted by molar-refractivity contribution is -0.284. The van der Waals surface area contributed by atoms with Gasteiger partial charge < -0.3 is 9.47 Å². The van der Waals surface area contributed by atoms with Gasteiger partial charge in [-0.2, -0.15) is 0 Å². The second kappa shape index (κ2) is 6.40. The predicted octanol–water partition coefficient (Wildman–Crippen LogP) is 5.82. The molecule has 0 aromatic carbocycles. The van der Waals surface area contributed by atoms with Crippen molar-refractivity contribution in [3.63, 3.8) is 0 Å². The number of rotatable bonds is 0. The molecule has 142 valence electrons. The van der Waals surface area contributed by atoms with Crippen molar-refractivity contribution in [1.82, 2.24) is 0 Å². The third-order valence-corrected chi connectivity index (χ3v) is 8.08. The van der Waals surface area contributed by atoms with Crippen molar-refractivity contribution >= 4 is 11.6 Å². The zero-order valence-electron chi connectivity index (χ0n) is 16.4. The van der Waals surface area contributed by atoms with E-state index in [1.54, 1.807) is 11.6 Å². The Labute approximate surface area is 163 Å². The summed E-state index contributed by atoms with van der Waals surface area (Å²) >= 11 is 5.71. The van der Waals surface area contributed by atoms with Gasteiger partial charge in [-0.15, -0.1) is 0 Å². The van der Waals surface area contributed by atoms with E-state index in [0.29, 0.717) is 5.92 Å². The van der Waals surface area contributed by atoms with E-state index < -0.39 is 0 Å². The van der Waals surface area contributed by atoms with Crippen LogP contribution in [0.15, 0.2) is 23.3 Å². The third-order valence-electron chi connectivity index (χ3n) is 7.95. The van der Waals surface area contributed by atoms with Crippen LogP contribution in [0.4, 0.5) is 0 Å². The van der Waals surface area contributed by atoms with Crippen molar-refractivity contribution in [2.75, 3.05) is 13.2 Å². The average molecular weight is 375 g/mol. The van der Waals surface area contributed by atoms with E-state index in [2.05, 4.69) is 38.7 Å². The molecule has 26 heavy (non-hydrogen) atoms. The van der Waals surface area contributed by atoms with Crippen LogP contribution in [0.2, 0.25) is 0 Å². The van der Waals surface area contributed by atoms with Gasteiger partial charge in [0.2, 0.25) is 0 Å². The van der Waals surface area contributed by atoms with Gasteiger partial charge in [0, 0.05) is 17.4 Å². The molecule has 1 unspecified atom stereocenters. The second-order valence-corrected chi connectivity index (χ2v) is 9.59. The molecule has 0 radical (unpaired) electrons. The minimum Gasteiger partial charge on any atom is -0.347 e. The molecular weight excluding hydrogens is 344 g/mol. The van der Waals surface area contributed by atoms with Crippen molar-refractivity contribution in [2.24, 2.45) is 22.2 Å². The van der Waals surface area contributed by atoms with E-state index in [-0.39, 0.29) is 22.0 Å². The van der Waals surface area contributed by atoms with Crippen LogP contribution in [0.25, 0.3) is 0 Å². The number of hydrogen-bond acceptors (Lipinski definition) is 2. The van der Waals surface area contributed by atoms with Crippen molar-refractivity contribution in [3.05, 3.63) is 23.3 Å². The Morgan fingerprint density at radius 2 is 1.88 bits per heavy atom. The van der Waals surface area contributed by atoms with Gasteiger partial charge >= 0.3 is 0 Å². The first-order valence-electron chi connectivity index (χ1n) is 10.2. The lowest BCUT2D eigenvalue weighted by Gasteiger charge is -2.64. The highest BCUT2D eigenvalue weighted by Gasteiger charge is 2.65. The molecule has 1 saturated heterocycles. The van der Waals surface area contributed by atoms with Crippen molar-refractivity contribution in [2.45, 2.75) is 71.5 Å². The number of halogens is 1. The molecule has 2 saturated carbocycles. The molecule has 3 atom stereocenters. The second-order valence-electron chi connectivity index (χ2n) is 9.33. The van der Waals surface area contributed by atoms with Crippen LogP contribution in [-0.2, 0) is 9.47 Å². The van der Waals surface area contributed by atoms with E-state index in [1.165, 1.54) is 31.2 Å². The fourth-order valence-electron chi connectivity index (χ4n) is 6.77. The Morgan fingerprint density at radius 1 is 1.12 bits per heavy atom. The van der Waals surface area contributed by atoms with Crippen LogP contribution in [0.3, 0.4) is 0 Å². The highest BCUT2D eigenvalue weighted by atomic mass is 35.5. The highest BCUT2D eigenvalue weighted by Crippen LogP contribution is 2.68. The molecule has 4 aliphatic rings. The summed E-state index contributed by atoms with van der Waals surface area (Å²) in [5.74, 6) is 7.03. The predicted molar refractivity (Wildman–Crippen MR) is 106 cm³/mol. The topological polar surface area (TPSA) is 18.5 Å². The van der Waals surface area contributed by atoms with Crippen LogP contribution in [0.1, 0.15) is 65.7 Å². The van der Waals surface area contributed by atoms with Gasteiger partial charge in [0.05, 0.1) is 18.6 Å². The summed E-state index contributed by atoms with van der Waals surface area (Å²) < 4.78 is 12.5. The zero-order valence-corrected chi connectivity index (χ0v) is 17.1. The average Bonchev–Trinajstić information content (AvgIpc) is 3.10. The van der Waals surface area contributed by atoms with Crippen molar-refractivity contribution in [3.8, 4) is 11.8 Å². The van der Waals surface area contributed by atoms with Gasteiger partial charge in [0.15, 0.2) is 5.79 Å². The Bertz CT molecular complexity index is 689. The largest absolute Gasteiger partial charge is 0.347 e. The van der Waals surface area contributed by atoms with Crippen LogP contribution >= 0.6 is 11.6 Å². The zero-order chi connectivity index (χ0) is 18.5. The summed E-state index contributed by atoms with van der Waals surface area (Å²) in [6.07, 6.45) is 12.3. The first-order valence-corrected chi connectivity index (χ1v) is 10.6. The Kier molecular flexibility index (Phi) is 4.58. The lowest BCUT2D eigenvalue weighted by atomic mass is 9.43. The first kappa shape index (κ1) is 18.6. The standard InChI is InChI=1S/C23H31ClO2/c1-20(2)18-9-12-22(11-6-7-15-24)10-5-4-8-19(22)21(18,3)13-14-23(20)25-16-17-26-23/h7-8,15,18H,4-5,9-10,12-14,16-17H2,1-3H3/t18?,21-,22-/m0/s1. The summed E-state index contributed by atoms with van der Waals surface area (Å²) in [5, 5.41) is 0. The summed E-state index contributed by atoms with van der Waals surface area (Å²) in [4.78, 5) is 0. The molecule has 0 aromatic heterocycles. The Hall–Kier alpha value is -0.750. The highest BCUT2D eigenvalue weighted by molar-refractivity contribution is 6.25. The monoisotopic (exact) mass is 374 g/mol. The lowest BCUT2D eigenvalue weighted by Crippen LogP contribution is -2.61. The SMILES string of the molecule is CC1(C)C2CC[C@@]3(C#CC=CCl)CCCC=C3[C@@]2(C)CCC12OCCO2. The van der Waals surface area contributed by atoms with Crippen molar-refractivity contribution in [1.29, 1.82) is 0 Å². The molecule has 0 aromatic rings. The molecule has 3 heteroatoms. The maximum atomic E-state index is 6.24. The smallest absolute Gasteiger partial charge is 0.173 e. The summed E-state index contributed by atoms with van der Waals surface area (Å²) in [6, 6.07) is 0. The molecule has 1 spiro atoms. The Balaban J connectivity index is 1.75. The van der Waals surface area contributed by atoms with Crippen LogP contribution in [0.5, 0.6) is 0 Å². The molecule has 0 N–H and O–H groups in total. The molecule has 2 nitrogen and oxygen atoms in total. The molecule has 0 bridgehead atoms. The maximum absolute atomic E-state index is 6.24. The summed E-state index contributed by atoms with van der Waals surface area (Å²) in [5.41, 5.74) is 3.35. The van der Waals surface area contributed by atoms with E-state index in [1.807, 2.05) is 0 Å². The van der Waals surface area contributed by atoms with E-state index in [0.717, 1.165) is 32.5 Å². The van der Waals surface area contributed by atoms with E-state index in [9.17, 15) is 0 Å². The minimum atomic E-state index is -0.389. The molecule has 3 fully saturated rings. The van der Waals surface area contributed by atoms with Gasteiger partial charge in [-0.25, -0.2) is 0 Å². The summed E-state index contributed by atoms with van der Waals surface area (Å²) in [6.45, 7) is 8.70. The van der Waals surface area contributed by atoms with E-state index >= 15 is 0 Å². The maximum Gasteiger partial charge on any atom is 0.173 e. The van der Waals surface area contributed by atoms with E-state index in [4.69, 9.17) is 21.1 Å². The third kappa shape index (κ3) is 2.47. The van der Waals surface area contributed by atoms with Gasteiger partial charge in [-0.1, -0.05) is 50.3 Å². The van der Waals surface area contributed by atoms with Crippen LogP contribution in [0, 0.1) is 34.0 Å². The fourth-order valence-corrected chi connectivity index (χ4v) is 6.83. The number of allylic oxidation sites excluding steroid dienone is 3. The first-order chi connectivity index (χ1) is 12.4. The molecular formula is C23H31ClO2. The molecule has 0 amide bonds. The van der Waals surface area contributed by atoms with Gasteiger partial charge in [-0.05, 0) is 61.5 Å². The molecule has 4 rings (SSSR count). The van der Waals surface area contributed by atoms with Crippen LogP contribution in [-0.4, -0.2) is 19.0 Å². The quantitative estimate of drug-likeness (QED) is 0.393. The number of fused-ring (bicyclic) bond motifs is 3. The molecule has 1 aliphatic heterocycles. The summed E-state index contributed by atoms with van der Waals surface area (Å²) in [7, 11) is 0. The van der Waals surface area contributed by atoms with Gasteiger partial charge in [-0.3, -0.25) is 0 Å². The Morgan fingerprint density at radius 3 is 2.62 bits per heavy atom. The number of hydrogen-bond donors (Lipinski definition) is 0. The van der Waals surface area contributed by atoms with Crippen molar-refractivity contribution < 1.29 is 9.47 Å². The molecule has 3 aliphatic carbocycles. The van der Waals surface area contributed by atoms with Crippen LogP contribution < -0.4 is 0 Å².